The summed E-state index contributed by atoms with van der Waals surface area (Å²) in [4.78, 5) is 140. The number of methoxy groups -OCH3 is 2. The summed E-state index contributed by atoms with van der Waals surface area (Å²) in [6, 6.07) is 30.4. The molecule has 0 saturated carbocycles. The van der Waals surface area contributed by atoms with Crippen LogP contribution in [0.5, 0.6) is 0 Å². The van der Waals surface area contributed by atoms with E-state index in [2.05, 4.69) is 102 Å². The molecule has 0 aliphatic carbocycles. The van der Waals surface area contributed by atoms with Crippen molar-refractivity contribution < 1.29 is 58.4 Å². The summed E-state index contributed by atoms with van der Waals surface area (Å²) < 4.78 is 9.72. The predicted octanol–water partition coefficient (Wildman–Crippen LogP) is 16.8. The average molecular weight is 1810 g/mol. The molecule has 0 aliphatic rings. The van der Waals surface area contributed by atoms with Gasteiger partial charge in [0.1, 0.15) is 33.9 Å². The molecule has 0 fully saturated rings. The van der Waals surface area contributed by atoms with Crippen molar-refractivity contribution in [1.29, 1.82) is 0 Å². The number of hydrogen-bond acceptors (Lipinski definition) is 22. The molecule has 31 nitrogen and oxygen atoms in total. The fraction of sp³-hybridized carbons (Fsp3) is 0.170. The Bertz CT molecular complexity index is 6500. The van der Waals surface area contributed by atoms with Crippen LogP contribution in [0.25, 0.3) is 66.2 Å². The van der Waals surface area contributed by atoms with E-state index in [-0.39, 0.29) is 36.6 Å². The molecule has 5 atom stereocenters. The van der Waals surface area contributed by atoms with Crippen LogP contribution in [0.2, 0.25) is 30.1 Å². The number of esters is 2. The first-order valence-electron chi connectivity index (χ1n) is 38.1. The molecule has 0 spiro atoms. The van der Waals surface area contributed by atoms with E-state index in [1.54, 1.807) is 161 Å². The third-order valence-corrected chi connectivity index (χ3v) is 22.0. The van der Waals surface area contributed by atoms with Crippen LogP contribution in [0, 0.1) is 11.8 Å². The van der Waals surface area contributed by atoms with Gasteiger partial charge in [-0.2, -0.15) is 5.48 Å². The van der Waals surface area contributed by atoms with Crippen molar-refractivity contribution in [2.75, 3.05) is 34.9 Å². The monoisotopic (exact) mass is 1800 g/mol. The summed E-state index contributed by atoms with van der Waals surface area (Å²) >= 11 is 37.4. The maximum atomic E-state index is 12.4. The van der Waals surface area contributed by atoms with E-state index in [0.29, 0.717) is 75.7 Å². The fourth-order valence-corrected chi connectivity index (χ4v) is 16.0. The van der Waals surface area contributed by atoms with Crippen LogP contribution in [-0.4, -0.2) is 171 Å². The van der Waals surface area contributed by atoms with Crippen LogP contribution >= 0.6 is 69.6 Å². The van der Waals surface area contributed by atoms with E-state index >= 15 is 0 Å². The van der Waals surface area contributed by atoms with Gasteiger partial charge in [0, 0.05) is 205 Å². The maximum absolute atomic E-state index is 12.4. The summed E-state index contributed by atoms with van der Waals surface area (Å²) in [6.07, 6.45) is 38.1. The summed E-state index contributed by atoms with van der Waals surface area (Å²) in [5, 5.41) is 39.4. The van der Waals surface area contributed by atoms with E-state index in [0.717, 1.165) is 78.1 Å². The second kappa shape index (κ2) is 43.4. The highest BCUT2D eigenvalue weighted by Crippen LogP contribution is 2.44. The van der Waals surface area contributed by atoms with Crippen LogP contribution in [0.1, 0.15) is 104 Å². The van der Waals surface area contributed by atoms with Gasteiger partial charge < -0.3 is 64.9 Å². The standard InChI is InChI=1S/C18H16ClN3O4.C16H15ClN4O2.C16H17ClN4.C16H12ClN3O4.C15H12ClN3O2.C7H5ClN2/c1-25-17(23)15(18(24)26-2)13(10-4-3-6-20-8-10)11-9-22-16-14(11)12(19)5-7-21-16;1-18-23-14(22)7-11(10-3-2-5-19-8-10)12-9-21-16-15(12)13(17)4-6-20-16;1-18-7-4-12(11-3-2-6-19-9-11)13-10-21-16-15(13)14(17)5-8-20-16;17-10-3-5-19-14-12(10)9(7-20-14)11(8-2-1-4-18-6-8)13(15(21)22)16(23)24;16-12-3-5-18-15-14(12)11(8-19-15)10(6-13(20)21)9-2-1-4-17-7-9;8-6-2-4-10-7-5(6)1-3-9-7/h3-9,13,15H,1-2H3,(H,21,22);2-6,8-9,11,18H,7H2,1H3,(H,20,21);2-3,5-6,8-10,12,18H,4,7H2,1H3,(H,20,21);1-7,11,13H,(H,19,20)(H,21,22)(H,23,24);1-5,7-8,10H,6H2,(H,18,19)(H,20,21);1-4H,(H,9,10). The number of nitrogens with one attached hydrogen (secondary N) is 8. The van der Waals surface area contributed by atoms with Gasteiger partial charge in [0.2, 0.25) is 0 Å². The molecular weight excluding hydrogens is 1730 g/mol. The van der Waals surface area contributed by atoms with Crippen LogP contribution < -0.4 is 10.8 Å². The Balaban J connectivity index is 0.000000138. The highest BCUT2D eigenvalue weighted by Gasteiger charge is 2.42. The van der Waals surface area contributed by atoms with Gasteiger partial charge in [-0.05, 0) is 148 Å². The van der Waals surface area contributed by atoms with Crippen molar-refractivity contribution in [2.45, 2.75) is 48.9 Å². The third-order valence-electron chi connectivity index (χ3n) is 20.1. The Hall–Kier alpha value is -13.6. The number of hydrogen-bond donors (Lipinski definition) is 11. The Morgan fingerprint density at radius 2 is 0.696 bits per heavy atom. The number of halogens is 6. The lowest BCUT2D eigenvalue weighted by molar-refractivity contribution is -0.160. The molecule has 0 aromatic carbocycles. The molecule has 17 aromatic rings. The van der Waals surface area contributed by atoms with Gasteiger partial charge in [0.25, 0.3) is 0 Å². The molecule has 0 bridgehead atoms. The van der Waals surface area contributed by atoms with Gasteiger partial charge in [-0.25, -0.2) is 29.9 Å². The Morgan fingerprint density at radius 1 is 0.376 bits per heavy atom. The number of nitrogens with zero attached hydrogens (tertiary/aromatic N) is 11. The highest BCUT2D eigenvalue weighted by molar-refractivity contribution is 6.38. The lowest BCUT2D eigenvalue weighted by Crippen LogP contribution is -2.33. The molecule has 17 heterocycles. The minimum absolute atomic E-state index is 0.0378. The number of aromatic amines is 6. The summed E-state index contributed by atoms with van der Waals surface area (Å²) in [5.74, 6) is -10.4. The summed E-state index contributed by atoms with van der Waals surface area (Å²) in [7, 11) is 5.96. The molecule has 11 N–H and O–H groups in total. The van der Waals surface area contributed by atoms with Gasteiger partial charge in [-0.1, -0.05) is 99.9 Å². The Morgan fingerprint density at radius 3 is 1.02 bits per heavy atom. The quantitative estimate of drug-likeness (QED) is 0.0116. The van der Waals surface area contributed by atoms with Gasteiger partial charge >= 0.3 is 35.8 Å². The zero-order valence-corrected chi connectivity index (χ0v) is 71.1. The number of carboxylic acid groups (broad SMARTS) is 3. The zero-order chi connectivity index (χ0) is 88.6. The SMILES string of the molecule is CNCCC(c1cccnc1)c1c[nH]c2nccc(Cl)c12.CNOC(=O)CC(c1cccnc1)c1c[nH]c2nccc(Cl)c12.COC(=O)C(C(=O)OC)C(c1cccnc1)c1c[nH]c2nccc(Cl)c12.Clc1ccnc2[nH]ccc12.O=C(O)C(C(=O)O)C(c1cccnc1)c1c[nH]c2nccc(Cl)c12.O=C(O)CC(c1cccnc1)c1c[nH]c2nccc(Cl)c12. The van der Waals surface area contributed by atoms with Crippen molar-refractivity contribution in [2.24, 2.45) is 11.8 Å². The normalized spacial score (nSPS) is 12.2. The van der Waals surface area contributed by atoms with Crippen LogP contribution in [0.4, 0.5) is 0 Å². The second-order valence-electron chi connectivity index (χ2n) is 27.4. The maximum Gasteiger partial charge on any atom is 0.325 e. The lowest BCUT2D eigenvalue weighted by atomic mass is 9.81. The van der Waals surface area contributed by atoms with Crippen LogP contribution in [-0.2, 0) is 43.1 Å². The highest BCUT2D eigenvalue weighted by atomic mass is 35.5. The number of ether oxygens (including phenoxy) is 2. The molecule has 5 unspecified atom stereocenters. The molecule has 37 heteroatoms. The number of carbonyl (C=O) groups excluding carboxylic acids is 3. The number of aromatic nitrogens is 17. The number of carbonyl (C=O) groups is 6. The lowest BCUT2D eigenvalue weighted by Gasteiger charge is -2.23. The molecular formula is C88H77Cl6N19O12. The van der Waals surface area contributed by atoms with Crippen molar-refractivity contribution in [3.05, 3.63) is 325 Å². The van der Waals surface area contributed by atoms with E-state index in [1.165, 1.54) is 43.9 Å². The minimum Gasteiger partial charge on any atom is -0.481 e. The van der Waals surface area contributed by atoms with Gasteiger partial charge in [-0.3, -0.25) is 53.7 Å². The first-order chi connectivity index (χ1) is 60.6. The third kappa shape index (κ3) is 21.7. The van der Waals surface area contributed by atoms with Gasteiger partial charge in [-0.15, -0.1) is 0 Å². The van der Waals surface area contributed by atoms with Crippen molar-refractivity contribution in [1.82, 2.24) is 95.5 Å². The number of hydroxylamine groups is 1. The Labute approximate surface area is 741 Å². The van der Waals surface area contributed by atoms with Crippen molar-refractivity contribution >= 4 is 172 Å². The van der Waals surface area contributed by atoms with Gasteiger partial charge in [0.15, 0.2) is 11.8 Å². The largest absolute Gasteiger partial charge is 0.481 e. The number of pyridine rings is 11. The molecule has 17 rings (SSSR count). The Kier molecular flexibility index (Phi) is 31.5. The molecule has 0 aliphatic heterocycles. The van der Waals surface area contributed by atoms with Crippen molar-refractivity contribution in [3.8, 4) is 0 Å². The fourth-order valence-electron chi connectivity index (χ4n) is 14.5. The first-order valence-corrected chi connectivity index (χ1v) is 40.4. The van der Waals surface area contributed by atoms with Crippen LogP contribution in [0.15, 0.2) is 239 Å². The predicted molar refractivity (Wildman–Crippen MR) is 474 cm³/mol. The first kappa shape index (κ1) is 90.6. The van der Waals surface area contributed by atoms with E-state index in [1.807, 2.05) is 68.2 Å². The second-order valence-corrected chi connectivity index (χ2v) is 29.9. The molecule has 17 aromatic heterocycles. The summed E-state index contributed by atoms with van der Waals surface area (Å²) in [6.45, 7) is 0.921. The molecule has 0 saturated heterocycles. The van der Waals surface area contributed by atoms with E-state index in [4.69, 9.17) is 83.9 Å². The number of fused-ring (bicyclic) bond motifs is 6. The number of H-pyrrole nitrogens is 6. The topological polar surface area (TPSA) is 451 Å². The number of aliphatic carboxylic acids is 3. The summed E-state index contributed by atoms with van der Waals surface area (Å²) in [5.41, 5.74) is 14.4. The number of rotatable bonds is 24. The molecule has 0 amide bonds. The minimum atomic E-state index is -1.69. The van der Waals surface area contributed by atoms with Crippen LogP contribution in [0.3, 0.4) is 0 Å². The molecule has 0 radical (unpaired) electrons. The van der Waals surface area contributed by atoms with Crippen molar-refractivity contribution in [3.63, 3.8) is 0 Å². The smallest absolute Gasteiger partial charge is 0.325 e. The number of carboxylic acids is 3. The molecule has 638 valence electrons. The van der Waals surface area contributed by atoms with E-state index < -0.39 is 53.5 Å². The average Bonchev–Trinajstić information content (AvgIpc) is 1.67. The van der Waals surface area contributed by atoms with E-state index in [9.17, 15) is 44.1 Å². The molecule has 125 heavy (non-hydrogen) atoms. The van der Waals surface area contributed by atoms with Gasteiger partial charge in [0.05, 0.1) is 57.2 Å². The zero-order valence-electron chi connectivity index (χ0n) is 66.6.